The van der Waals surface area contributed by atoms with Gasteiger partial charge in [-0.2, -0.15) is 0 Å². The molecule has 3 aliphatic heterocycles. The molecule has 3 heterocycles. The van der Waals surface area contributed by atoms with Crippen LogP contribution in [0.1, 0.15) is 48.5 Å². The van der Waals surface area contributed by atoms with E-state index in [1.807, 2.05) is 43.3 Å². The molecule has 0 bridgehead atoms. The number of nitrogens with one attached hydrogen (secondary N) is 1. The molecule has 33 heavy (non-hydrogen) atoms. The number of fused-ring (bicyclic) bond motifs is 4. The molecule has 0 spiro atoms. The average molecular weight is 450 g/mol. The van der Waals surface area contributed by atoms with Gasteiger partial charge in [-0.15, -0.1) is 0 Å². The summed E-state index contributed by atoms with van der Waals surface area (Å²) >= 11 is 0. The number of amides is 3. The van der Waals surface area contributed by atoms with Gasteiger partial charge in [-0.3, -0.25) is 19.3 Å². The maximum Gasteiger partial charge on any atom is 0.257 e. The highest BCUT2D eigenvalue weighted by molar-refractivity contribution is 6.10. The smallest absolute Gasteiger partial charge is 0.257 e. The lowest BCUT2D eigenvalue weighted by Crippen LogP contribution is -2.62. The Morgan fingerprint density at radius 1 is 1.09 bits per heavy atom. The van der Waals surface area contributed by atoms with Crippen LogP contribution in [0.4, 0.5) is 5.69 Å². The van der Waals surface area contributed by atoms with Crippen molar-refractivity contribution in [3.05, 3.63) is 53.6 Å². The zero-order valence-corrected chi connectivity index (χ0v) is 18.6. The van der Waals surface area contributed by atoms with Gasteiger partial charge >= 0.3 is 0 Å². The van der Waals surface area contributed by atoms with Gasteiger partial charge < -0.3 is 19.7 Å². The summed E-state index contributed by atoms with van der Waals surface area (Å²) in [7, 11) is 0. The van der Waals surface area contributed by atoms with Gasteiger partial charge in [-0.05, 0) is 38.0 Å². The van der Waals surface area contributed by atoms with Gasteiger partial charge in [0.1, 0.15) is 18.9 Å². The van der Waals surface area contributed by atoms with Crippen molar-refractivity contribution in [3.63, 3.8) is 0 Å². The zero-order valence-electron chi connectivity index (χ0n) is 18.6. The Balaban J connectivity index is 1.22. The van der Waals surface area contributed by atoms with E-state index in [4.69, 9.17) is 9.47 Å². The molecule has 1 N–H and O–H groups in total. The van der Waals surface area contributed by atoms with E-state index in [1.165, 1.54) is 0 Å². The fourth-order valence-electron chi connectivity index (χ4n) is 4.99. The molecule has 8 nitrogen and oxygen atoms in total. The van der Waals surface area contributed by atoms with E-state index in [2.05, 4.69) is 5.32 Å². The molecule has 3 aliphatic rings. The number of benzene rings is 2. The number of hydrogen-bond acceptors (Lipinski definition) is 5. The number of hydrogen-bond donors (Lipinski definition) is 1. The van der Waals surface area contributed by atoms with Crippen LogP contribution in [-0.4, -0.2) is 48.0 Å². The van der Waals surface area contributed by atoms with Crippen LogP contribution in [-0.2, 0) is 16.1 Å². The minimum Gasteiger partial charge on any atom is -0.486 e. The summed E-state index contributed by atoms with van der Waals surface area (Å²) in [6.45, 7) is 3.69. The summed E-state index contributed by atoms with van der Waals surface area (Å²) in [5.41, 5.74) is 1.39. The monoisotopic (exact) mass is 449 g/mol. The molecule has 8 heteroatoms. The Bertz CT molecular complexity index is 1120. The van der Waals surface area contributed by atoms with Crippen molar-refractivity contribution in [2.75, 3.05) is 24.7 Å². The van der Waals surface area contributed by atoms with Gasteiger partial charge in [0.2, 0.25) is 11.8 Å². The van der Waals surface area contributed by atoms with E-state index in [-0.39, 0.29) is 24.1 Å². The van der Waals surface area contributed by atoms with Crippen molar-refractivity contribution in [2.45, 2.75) is 44.8 Å². The average Bonchev–Trinajstić information content (AvgIpc) is 3.15. The van der Waals surface area contributed by atoms with Crippen LogP contribution in [0, 0.1) is 0 Å². The van der Waals surface area contributed by atoms with Crippen molar-refractivity contribution in [1.82, 2.24) is 10.2 Å². The third-order valence-electron chi connectivity index (χ3n) is 6.65. The second-order valence-electron chi connectivity index (χ2n) is 8.74. The third-order valence-corrected chi connectivity index (χ3v) is 6.65. The first-order valence-corrected chi connectivity index (χ1v) is 11.4. The van der Waals surface area contributed by atoms with E-state index in [0.717, 1.165) is 5.56 Å². The van der Waals surface area contributed by atoms with E-state index in [0.29, 0.717) is 68.3 Å². The SMILES string of the molecule is CC12CCC(=O)N1c1ccccc1C(=O)N2CCCC(=O)NCc1cccc2c1OCCO2. The van der Waals surface area contributed by atoms with Gasteiger partial charge in [0.15, 0.2) is 11.5 Å². The van der Waals surface area contributed by atoms with Crippen molar-refractivity contribution >= 4 is 23.4 Å². The fraction of sp³-hybridized carbons (Fsp3) is 0.400. The van der Waals surface area contributed by atoms with Crippen LogP contribution in [0.3, 0.4) is 0 Å². The minimum absolute atomic E-state index is 0.0255. The molecule has 2 aromatic carbocycles. The quantitative estimate of drug-likeness (QED) is 0.733. The van der Waals surface area contributed by atoms with Gasteiger partial charge in [0.05, 0.1) is 11.3 Å². The lowest BCUT2D eigenvalue weighted by atomic mass is 9.98. The van der Waals surface area contributed by atoms with Crippen molar-refractivity contribution in [2.24, 2.45) is 0 Å². The van der Waals surface area contributed by atoms with E-state index in [9.17, 15) is 14.4 Å². The Hall–Kier alpha value is -3.55. The van der Waals surface area contributed by atoms with Crippen LogP contribution >= 0.6 is 0 Å². The van der Waals surface area contributed by atoms with Crippen LogP contribution in [0.5, 0.6) is 11.5 Å². The zero-order chi connectivity index (χ0) is 23.0. The molecular formula is C25H27N3O5. The molecule has 5 rings (SSSR count). The highest BCUT2D eigenvalue weighted by Gasteiger charge is 2.52. The van der Waals surface area contributed by atoms with Crippen molar-refractivity contribution in [3.8, 4) is 11.5 Å². The van der Waals surface area contributed by atoms with E-state index in [1.54, 1.807) is 15.9 Å². The van der Waals surface area contributed by atoms with Crippen LogP contribution in [0.15, 0.2) is 42.5 Å². The lowest BCUT2D eigenvalue weighted by molar-refractivity contribution is -0.121. The molecule has 0 aromatic heterocycles. The summed E-state index contributed by atoms with van der Waals surface area (Å²) in [5, 5.41) is 2.93. The number of anilines is 1. The van der Waals surface area contributed by atoms with Gasteiger partial charge in [0.25, 0.3) is 5.91 Å². The lowest BCUT2D eigenvalue weighted by Gasteiger charge is -2.48. The molecule has 1 fully saturated rings. The van der Waals surface area contributed by atoms with E-state index < -0.39 is 5.66 Å². The molecular weight excluding hydrogens is 422 g/mol. The molecule has 3 amide bonds. The number of para-hydroxylation sites is 2. The highest BCUT2D eigenvalue weighted by atomic mass is 16.6. The Morgan fingerprint density at radius 2 is 1.91 bits per heavy atom. The van der Waals surface area contributed by atoms with Crippen molar-refractivity contribution in [1.29, 1.82) is 0 Å². The predicted molar refractivity (Wildman–Crippen MR) is 121 cm³/mol. The second kappa shape index (κ2) is 8.42. The summed E-state index contributed by atoms with van der Waals surface area (Å²) in [6, 6.07) is 12.9. The summed E-state index contributed by atoms with van der Waals surface area (Å²) < 4.78 is 11.3. The molecule has 2 aromatic rings. The van der Waals surface area contributed by atoms with Gasteiger partial charge in [0, 0.05) is 31.5 Å². The summed E-state index contributed by atoms with van der Waals surface area (Å²) in [6.07, 6.45) is 1.77. The second-order valence-corrected chi connectivity index (χ2v) is 8.74. The molecule has 0 saturated carbocycles. The molecule has 0 radical (unpaired) electrons. The van der Waals surface area contributed by atoms with Crippen LogP contribution in [0.25, 0.3) is 0 Å². The Morgan fingerprint density at radius 3 is 2.79 bits per heavy atom. The van der Waals surface area contributed by atoms with Gasteiger partial charge in [-0.1, -0.05) is 24.3 Å². The van der Waals surface area contributed by atoms with E-state index >= 15 is 0 Å². The highest BCUT2D eigenvalue weighted by Crippen LogP contribution is 2.44. The van der Waals surface area contributed by atoms with Gasteiger partial charge in [-0.25, -0.2) is 0 Å². The van der Waals surface area contributed by atoms with Crippen LogP contribution in [0.2, 0.25) is 0 Å². The Kier molecular flexibility index (Phi) is 5.44. The topological polar surface area (TPSA) is 88.2 Å². The number of nitrogens with zero attached hydrogens (tertiary/aromatic N) is 2. The normalized spacial score (nSPS) is 21.0. The maximum atomic E-state index is 13.3. The number of rotatable bonds is 6. The largest absolute Gasteiger partial charge is 0.486 e. The van der Waals surface area contributed by atoms with Crippen molar-refractivity contribution < 1.29 is 23.9 Å². The number of carbonyl (C=O) groups excluding carboxylic acids is 3. The molecule has 1 unspecified atom stereocenters. The fourth-order valence-corrected chi connectivity index (χ4v) is 4.99. The maximum absolute atomic E-state index is 13.3. The van der Waals surface area contributed by atoms with Crippen LogP contribution < -0.4 is 19.7 Å². The Labute approximate surface area is 192 Å². The summed E-state index contributed by atoms with van der Waals surface area (Å²) in [4.78, 5) is 41.9. The molecule has 1 saturated heterocycles. The first kappa shape index (κ1) is 21.3. The third kappa shape index (κ3) is 3.69. The standard InChI is InChI=1S/C25H27N3O5/c1-25-12-11-22(30)28(25)19-8-3-2-7-18(19)24(31)27(25)13-5-10-21(29)26-16-17-6-4-9-20-23(17)33-15-14-32-20/h2-4,6-9H,5,10-16H2,1H3,(H,26,29). The first-order valence-electron chi connectivity index (χ1n) is 11.4. The molecule has 0 aliphatic carbocycles. The summed E-state index contributed by atoms with van der Waals surface area (Å²) in [5.74, 6) is 1.21. The predicted octanol–water partition coefficient (Wildman–Crippen LogP) is 2.85. The number of ether oxygens (including phenoxy) is 2. The molecule has 172 valence electrons. The minimum atomic E-state index is -0.695. The molecule has 1 atom stereocenters. The first-order chi connectivity index (χ1) is 16.0. The number of carbonyl (C=O) groups is 3.